The highest BCUT2D eigenvalue weighted by molar-refractivity contribution is 14.1. The van der Waals surface area contributed by atoms with E-state index in [1.54, 1.807) is 0 Å². The van der Waals surface area contributed by atoms with Crippen molar-refractivity contribution >= 4 is 47.4 Å². The summed E-state index contributed by atoms with van der Waals surface area (Å²) in [7, 11) is 0. The Bertz CT molecular complexity index is 353. The Morgan fingerprint density at radius 3 is 2.30 bits per heavy atom. The van der Waals surface area contributed by atoms with Crippen LogP contribution in [0.4, 0.5) is 0 Å². The number of unbranched alkanes of at least 4 members (excludes halogenated alkanes) is 1. The predicted molar refractivity (Wildman–Crippen MR) is 100 cm³/mol. The van der Waals surface area contributed by atoms with E-state index in [1.165, 1.54) is 41.5 Å². The minimum atomic E-state index is 0. The molecule has 1 atom stereocenters. The van der Waals surface area contributed by atoms with Gasteiger partial charge in [0.1, 0.15) is 0 Å². The van der Waals surface area contributed by atoms with Crippen LogP contribution in [-0.2, 0) is 0 Å². The van der Waals surface area contributed by atoms with E-state index in [9.17, 15) is 0 Å². The van der Waals surface area contributed by atoms with E-state index in [-0.39, 0.29) is 24.8 Å². The van der Waals surface area contributed by atoms with Gasteiger partial charge in [0.05, 0.1) is 0 Å². The van der Waals surface area contributed by atoms with Gasteiger partial charge < -0.3 is 5.32 Å². The van der Waals surface area contributed by atoms with E-state index in [0.717, 1.165) is 13.1 Å². The van der Waals surface area contributed by atoms with Crippen molar-refractivity contribution < 1.29 is 0 Å². The van der Waals surface area contributed by atoms with E-state index >= 15 is 0 Å². The lowest BCUT2D eigenvalue weighted by atomic mass is 9.99. The van der Waals surface area contributed by atoms with Crippen LogP contribution in [-0.4, -0.2) is 31.1 Å². The zero-order chi connectivity index (χ0) is 12.8. The summed E-state index contributed by atoms with van der Waals surface area (Å²) < 4.78 is 1.32. The molecule has 1 fully saturated rings. The number of hydrogen-bond acceptors (Lipinski definition) is 2. The number of halogens is 3. The second-order valence-electron chi connectivity index (χ2n) is 5.00. The lowest BCUT2D eigenvalue weighted by molar-refractivity contribution is 0.163. The quantitative estimate of drug-likeness (QED) is 0.701. The fourth-order valence-corrected chi connectivity index (χ4v) is 3.00. The molecule has 0 amide bonds. The third kappa shape index (κ3) is 6.06. The van der Waals surface area contributed by atoms with E-state index in [2.05, 4.69) is 64.0 Å². The predicted octanol–water partition coefficient (Wildman–Crippen LogP) is 4.27. The van der Waals surface area contributed by atoms with Gasteiger partial charge in [-0.15, -0.1) is 24.8 Å². The largest absolute Gasteiger partial charge is 0.314 e. The van der Waals surface area contributed by atoms with Crippen molar-refractivity contribution in [1.29, 1.82) is 0 Å². The van der Waals surface area contributed by atoms with Crippen molar-refractivity contribution in [3.63, 3.8) is 0 Å². The fourth-order valence-electron chi connectivity index (χ4n) is 2.64. The highest BCUT2D eigenvalue weighted by Gasteiger charge is 2.21. The lowest BCUT2D eigenvalue weighted by Gasteiger charge is -2.35. The van der Waals surface area contributed by atoms with Crippen LogP contribution < -0.4 is 5.32 Å². The summed E-state index contributed by atoms with van der Waals surface area (Å²) in [5, 5.41) is 3.44. The van der Waals surface area contributed by atoms with Crippen molar-refractivity contribution in [2.45, 2.75) is 32.2 Å². The van der Waals surface area contributed by atoms with E-state index in [0.29, 0.717) is 6.04 Å². The molecule has 1 N–H and O–H groups in total. The van der Waals surface area contributed by atoms with Gasteiger partial charge in [0.15, 0.2) is 0 Å². The third-order valence-electron chi connectivity index (χ3n) is 3.68. The monoisotopic (exact) mass is 430 g/mol. The Hall–Kier alpha value is 0.450. The molecule has 1 aromatic rings. The molecule has 1 aromatic carbocycles. The van der Waals surface area contributed by atoms with Crippen molar-refractivity contribution in [2.24, 2.45) is 0 Å². The zero-order valence-corrected chi connectivity index (χ0v) is 15.8. The maximum Gasteiger partial charge on any atom is 0.0349 e. The van der Waals surface area contributed by atoms with Crippen LogP contribution >= 0.6 is 47.4 Å². The molecule has 0 spiro atoms. The summed E-state index contributed by atoms with van der Waals surface area (Å²) in [5.41, 5.74) is 1.49. The van der Waals surface area contributed by atoms with Gasteiger partial charge >= 0.3 is 0 Å². The summed E-state index contributed by atoms with van der Waals surface area (Å²) in [6.45, 7) is 6.91. The Labute approximate surface area is 149 Å². The van der Waals surface area contributed by atoms with Gasteiger partial charge in [-0.2, -0.15) is 0 Å². The summed E-state index contributed by atoms with van der Waals surface area (Å²) in [6, 6.07) is 9.70. The van der Waals surface area contributed by atoms with Gasteiger partial charge in [-0.1, -0.05) is 31.9 Å². The number of benzene rings is 1. The molecule has 0 radical (unpaired) electrons. The highest BCUT2D eigenvalue weighted by atomic mass is 127. The smallest absolute Gasteiger partial charge is 0.0349 e. The molecule has 1 aliphatic heterocycles. The van der Waals surface area contributed by atoms with Gasteiger partial charge in [-0.05, 0) is 46.7 Å². The van der Waals surface area contributed by atoms with Crippen LogP contribution in [0.2, 0.25) is 0 Å². The van der Waals surface area contributed by atoms with Gasteiger partial charge in [0.2, 0.25) is 0 Å². The first-order valence-electron chi connectivity index (χ1n) is 7.01. The number of piperazine rings is 1. The van der Waals surface area contributed by atoms with Crippen LogP contribution in [0.25, 0.3) is 0 Å². The fraction of sp³-hybridized carbons (Fsp3) is 0.600. The normalized spacial score (nSPS) is 16.9. The van der Waals surface area contributed by atoms with E-state index in [1.807, 2.05) is 0 Å². The van der Waals surface area contributed by atoms with Gasteiger partial charge in [-0.25, -0.2) is 0 Å². The SMILES string of the molecule is CCCC[C@@H](c1ccc(I)cc1)N1CCNCC1.Cl.Cl. The van der Waals surface area contributed by atoms with Crippen LogP contribution in [0.3, 0.4) is 0 Å². The molecule has 5 heteroatoms. The molecular weight excluding hydrogens is 406 g/mol. The van der Waals surface area contributed by atoms with Gasteiger partial charge in [-0.3, -0.25) is 4.90 Å². The van der Waals surface area contributed by atoms with Crippen LogP contribution in [0.1, 0.15) is 37.8 Å². The molecule has 0 unspecified atom stereocenters. The molecule has 2 rings (SSSR count). The van der Waals surface area contributed by atoms with Crippen molar-refractivity contribution in [3.8, 4) is 0 Å². The second-order valence-corrected chi connectivity index (χ2v) is 6.24. The van der Waals surface area contributed by atoms with Crippen molar-refractivity contribution in [3.05, 3.63) is 33.4 Å². The van der Waals surface area contributed by atoms with Crippen LogP contribution in [0.5, 0.6) is 0 Å². The molecule has 0 saturated carbocycles. The Morgan fingerprint density at radius 1 is 1.15 bits per heavy atom. The molecule has 0 bridgehead atoms. The topological polar surface area (TPSA) is 15.3 Å². The Balaban J connectivity index is 0.00000180. The lowest BCUT2D eigenvalue weighted by Crippen LogP contribution is -2.45. The van der Waals surface area contributed by atoms with Crippen molar-refractivity contribution in [1.82, 2.24) is 10.2 Å². The molecular formula is C15H25Cl2IN2. The molecule has 0 aliphatic carbocycles. The maximum atomic E-state index is 3.44. The Morgan fingerprint density at radius 2 is 1.75 bits per heavy atom. The maximum absolute atomic E-state index is 3.44. The zero-order valence-electron chi connectivity index (χ0n) is 12.0. The molecule has 116 valence electrons. The highest BCUT2D eigenvalue weighted by Crippen LogP contribution is 2.27. The average Bonchev–Trinajstić information content (AvgIpc) is 2.42. The molecule has 1 aliphatic rings. The molecule has 1 heterocycles. The second kappa shape index (κ2) is 11.1. The number of rotatable bonds is 5. The molecule has 2 nitrogen and oxygen atoms in total. The first kappa shape index (κ1) is 20.5. The number of hydrogen-bond donors (Lipinski definition) is 1. The van der Waals surface area contributed by atoms with E-state index < -0.39 is 0 Å². The summed E-state index contributed by atoms with van der Waals surface area (Å²) in [4.78, 5) is 2.65. The molecule has 20 heavy (non-hydrogen) atoms. The molecule has 0 aromatic heterocycles. The van der Waals surface area contributed by atoms with Gasteiger partial charge in [0, 0.05) is 35.8 Å². The average molecular weight is 431 g/mol. The molecule has 1 saturated heterocycles. The summed E-state index contributed by atoms with van der Waals surface area (Å²) in [6.07, 6.45) is 3.89. The van der Waals surface area contributed by atoms with E-state index in [4.69, 9.17) is 0 Å². The number of nitrogens with zero attached hydrogens (tertiary/aromatic N) is 1. The summed E-state index contributed by atoms with van der Waals surface area (Å²) in [5.74, 6) is 0. The number of nitrogens with one attached hydrogen (secondary N) is 1. The van der Waals surface area contributed by atoms with Crippen molar-refractivity contribution in [2.75, 3.05) is 26.2 Å². The van der Waals surface area contributed by atoms with Gasteiger partial charge in [0.25, 0.3) is 0 Å². The first-order valence-corrected chi connectivity index (χ1v) is 8.09. The van der Waals surface area contributed by atoms with Crippen LogP contribution in [0, 0.1) is 3.57 Å². The third-order valence-corrected chi connectivity index (χ3v) is 4.40. The Kier molecular flexibility index (Phi) is 11.3. The van der Waals surface area contributed by atoms with Crippen LogP contribution in [0.15, 0.2) is 24.3 Å². The minimum Gasteiger partial charge on any atom is -0.314 e. The minimum absolute atomic E-state index is 0. The summed E-state index contributed by atoms with van der Waals surface area (Å²) >= 11 is 2.38. The first-order chi connectivity index (χ1) is 8.81. The standard InChI is InChI=1S/C15H23IN2.2ClH/c1-2-3-4-15(18-11-9-17-10-12-18)13-5-7-14(16)8-6-13;;/h5-8,15,17H,2-4,9-12H2,1H3;2*1H/t15-;;/m0../s1.